The standard InChI is InChI=1S/C7H11N4O/c1-4(12)11-7-6(9)2-5(8)3-10-7/h2-3,12H,8-9H2,1H3,(H,10,11). The van der Waals surface area contributed by atoms with Gasteiger partial charge in [0.2, 0.25) is 0 Å². The molecular weight excluding hydrogens is 156 g/mol. The Morgan fingerprint density at radius 3 is 2.75 bits per heavy atom. The number of nitrogens with two attached hydrogens (primary N) is 2. The summed E-state index contributed by atoms with van der Waals surface area (Å²) in [6, 6.07) is 1.57. The van der Waals surface area contributed by atoms with Gasteiger partial charge in [-0.3, -0.25) is 0 Å². The zero-order valence-electron chi connectivity index (χ0n) is 6.70. The average Bonchev–Trinajstić information content (AvgIpc) is 1.94. The van der Waals surface area contributed by atoms with E-state index in [4.69, 9.17) is 16.6 Å². The first-order chi connectivity index (χ1) is 5.59. The van der Waals surface area contributed by atoms with Crippen LogP contribution in [-0.2, 0) is 0 Å². The molecule has 0 atom stereocenters. The Balaban J connectivity index is 2.86. The van der Waals surface area contributed by atoms with Crippen LogP contribution in [0.15, 0.2) is 12.3 Å². The number of aliphatic hydroxyl groups is 1. The van der Waals surface area contributed by atoms with E-state index in [9.17, 15) is 0 Å². The molecule has 5 heteroatoms. The van der Waals surface area contributed by atoms with Crippen molar-refractivity contribution in [3.05, 3.63) is 18.5 Å². The molecule has 0 fully saturated rings. The predicted octanol–water partition coefficient (Wildman–Crippen LogP) is 0.540. The maximum atomic E-state index is 8.88. The summed E-state index contributed by atoms with van der Waals surface area (Å²) in [7, 11) is 0. The van der Waals surface area contributed by atoms with E-state index in [2.05, 4.69) is 10.3 Å². The van der Waals surface area contributed by atoms with Crippen molar-refractivity contribution >= 4 is 17.2 Å². The lowest BCUT2D eigenvalue weighted by atomic mass is 10.3. The van der Waals surface area contributed by atoms with Crippen LogP contribution < -0.4 is 16.8 Å². The summed E-state index contributed by atoms with van der Waals surface area (Å²) in [6.07, 6.45) is 1.50. The Labute approximate surface area is 70.4 Å². The topological polar surface area (TPSA) is 97.2 Å². The largest absolute Gasteiger partial charge is 0.397 e. The number of nitrogens with one attached hydrogen (secondary N) is 1. The van der Waals surface area contributed by atoms with Crippen molar-refractivity contribution in [3.8, 4) is 0 Å². The minimum atomic E-state index is 0.0407. The average molecular weight is 167 g/mol. The Hall–Kier alpha value is -1.49. The third-order valence-electron chi connectivity index (χ3n) is 1.24. The van der Waals surface area contributed by atoms with Gasteiger partial charge in [0, 0.05) is 0 Å². The Morgan fingerprint density at radius 2 is 2.25 bits per heavy atom. The summed E-state index contributed by atoms with van der Waals surface area (Å²) in [6.45, 7) is 1.50. The molecule has 0 amide bonds. The number of nitrogen functional groups attached to an aromatic ring is 2. The molecule has 0 saturated heterocycles. The molecule has 0 bridgehead atoms. The molecule has 0 unspecified atom stereocenters. The van der Waals surface area contributed by atoms with E-state index < -0.39 is 0 Å². The van der Waals surface area contributed by atoms with Gasteiger partial charge < -0.3 is 21.9 Å². The van der Waals surface area contributed by atoms with Gasteiger partial charge in [-0.1, -0.05) is 0 Å². The molecule has 0 aromatic carbocycles. The Bertz CT molecular complexity index is 274. The van der Waals surface area contributed by atoms with Gasteiger partial charge in [-0.15, -0.1) is 0 Å². The molecule has 1 rings (SSSR count). The Kier molecular flexibility index (Phi) is 2.35. The van der Waals surface area contributed by atoms with Crippen LogP contribution in [0.2, 0.25) is 0 Å². The minimum absolute atomic E-state index is 0.0407. The summed E-state index contributed by atoms with van der Waals surface area (Å²) in [5.41, 5.74) is 11.9. The highest BCUT2D eigenvalue weighted by Crippen LogP contribution is 2.18. The summed E-state index contributed by atoms with van der Waals surface area (Å²) in [5.74, 6) is 0.407. The number of nitrogens with zero attached hydrogens (tertiary/aromatic N) is 1. The maximum absolute atomic E-state index is 8.88. The molecule has 1 radical (unpaired) electrons. The normalized spacial score (nSPS) is 10.2. The van der Waals surface area contributed by atoms with Gasteiger partial charge in [-0.05, 0) is 13.0 Å². The van der Waals surface area contributed by atoms with E-state index in [-0.39, 0.29) is 6.23 Å². The van der Waals surface area contributed by atoms with E-state index >= 15 is 0 Å². The monoisotopic (exact) mass is 167 g/mol. The van der Waals surface area contributed by atoms with Crippen molar-refractivity contribution in [2.24, 2.45) is 0 Å². The first-order valence-corrected chi connectivity index (χ1v) is 3.40. The molecule has 0 saturated carbocycles. The van der Waals surface area contributed by atoms with E-state index in [1.807, 2.05) is 0 Å². The third kappa shape index (κ3) is 2.00. The number of hydrogen-bond donors (Lipinski definition) is 4. The minimum Gasteiger partial charge on any atom is -0.397 e. The lowest BCUT2D eigenvalue weighted by molar-refractivity contribution is 0.331. The van der Waals surface area contributed by atoms with Gasteiger partial charge >= 0.3 is 0 Å². The number of aliphatic hydroxyl groups excluding tert-OH is 1. The molecule has 1 aromatic rings. The fourth-order valence-electron chi connectivity index (χ4n) is 0.775. The van der Waals surface area contributed by atoms with Gasteiger partial charge in [0.1, 0.15) is 0 Å². The van der Waals surface area contributed by atoms with Crippen LogP contribution in [0.1, 0.15) is 6.92 Å². The number of pyridine rings is 1. The van der Waals surface area contributed by atoms with E-state index in [1.165, 1.54) is 13.1 Å². The molecule has 1 heterocycles. The molecular formula is C7H11N4O. The van der Waals surface area contributed by atoms with Gasteiger partial charge in [0.05, 0.1) is 17.6 Å². The van der Waals surface area contributed by atoms with Crippen LogP contribution in [-0.4, -0.2) is 10.1 Å². The summed E-state index contributed by atoms with van der Waals surface area (Å²) in [4.78, 5) is 3.88. The van der Waals surface area contributed by atoms with Crippen molar-refractivity contribution in [1.29, 1.82) is 0 Å². The van der Waals surface area contributed by atoms with Crippen molar-refractivity contribution in [3.63, 3.8) is 0 Å². The molecule has 6 N–H and O–H groups in total. The summed E-state index contributed by atoms with van der Waals surface area (Å²) < 4.78 is 0. The van der Waals surface area contributed by atoms with Crippen LogP contribution in [0, 0.1) is 6.23 Å². The van der Waals surface area contributed by atoms with E-state index in [0.29, 0.717) is 17.2 Å². The summed E-state index contributed by atoms with van der Waals surface area (Å²) >= 11 is 0. The lowest BCUT2D eigenvalue weighted by Gasteiger charge is -2.09. The number of rotatable bonds is 2. The fourth-order valence-corrected chi connectivity index (χ4v) is 0.775. The van der Waals surface area contributed by atoms with Crippen LogP contribution in [0.5, 0.6) is 0 Å². The molecule has 65 valence electrons. The van der Waals surface area contributed by atoms with Crippen molar-refractivity contribution in [2.75, 3.05) is 16.8 Å². The number of aromatic nitrogens is 1. The zero-order valence-corrected chi connectivity index (χ0v) is 6.70. The zero-order chi connectivity index (χ0) is 9.14. The quantitative estimate of drug-likeness (QED) is 0.515. The van der Waals surface area contributed by atoms with Crippen LogP contribution >= 0.6 is 0 Å². The second-order valence-corrected chi connectivity index (χ2v) is 2.42. The molecule has 0 aliphatic rings. The van der Waals surface area contributed by atoms with Gasteiger partial charge in [-0.2, -0.15) is 0 Å². The van der Waals surface area contributed by atoms with Crippen molar-refractivity contribution < 1.29 is 5.11 Å². The lowest BCUT2D eigenvalue weighted by Crippen LogP contribution is -2.08. The predicted molar refractivity (Wildman–Crippen MR) is 47.5 cm³/mol. The van der Waals surface area contributed by atoms with E-state index in [1.54, 1.807) is 6.07 Å². The van der Waals surface area contributed by atoms with Gasteiger partial charge in [0.25, 0.3) is 0 Å². The molecule has 0 spiro atoms. The highest BCUT2D eigenvalue weighted by Gasteiger charge is 2.03. The highest BCUT2D eigenvalue weighted by atomic mass is 16.3. The molecule has 5 nitrogen and oxygen atoms in total. The summed E-state index contributed by atoms with van der Waals surface area (Å²) in [5, 5.41) is 11.5. The fraction of sp³-hybridized carbons (Fsp3) is 0.143. The smallest absolute Gasteiger partial charge is 0.182 e. The molecule has 0 aliphatic carbocycles. The maximum Gasteiger partial charge on any atom is 0.182 e. The van der Waals surface area contributed by atoms with E-state index in [0.717, 1.165) is 0 Å². The number of anilines is 3. The number of hydrogen-bond acceptors (Lipinski definition) is 5. The van der Waals surface area contributed by atoms with Crippen LogP contribution in [0.25, 0.3) is 0 Å². The molecule has 12 heavy (non-hydrogen) atoms. The van der Waals surface area contributed by atoms with Crippen LogP contribution in [0.4, 0.5) is 17.2 Å². The second kappa shape index (κ2) is 3.27. The third-order valence-corrected chi connectivity index (χ3v) is 1.24. The van der Waals surface area contributed by atoms with Gasteiger partial charge in [-0.25, -0.2) is 4.98 Å². The highest BCUT2D eigenvalue weighted by molar-refractivity contribution is 5.66. The second-order valence-electron chi connectivity index (χ2n) is 2.42. The van der Waals surface area contributed by atoms with Gasteiger partial charge in [0.15, 0.2) is 12.0 Å². The molecule has 1 aromatic heterocycles. The SMILES string of the molecule is C[C](O)Nc1ncc(N)cc1N. The van der Waals surface area contributed by atoms with Crippen LogP contribution in [0.3, 0.4) is 0 Å². The first-order valence-electron chi connectivity index (χ1n) is 3.40. The van der Waals surface area contributed by atoms with Crippen molar-refractivity contribution in [1.82, 2.24) is 4.98 Å². The first kappa shape index (κ1) is 8.61. The molecule has 0 aliphatic heterocycles. The Morgan fingerprint density at radius 1 is 1.58 bits per heavy atom. The van der Waals surface area contributed by atoms with Crippen molar-refractivity contribution in [2.45, 2.75) is 6.92 Å².